The minimum absolute atomic E-state index is 0.00104. The third-order valence-electron chi connectivity index (χ3n) is 5.59. The summed E-state index contributed by atoms with van der Waals surface area (Å²) in [5.74, 6) is 1.62. The van der Waals surface area contributed by atoms with Gasteiger partial charge in [0.1, 0.15) is 0 Å². The van der Waals surface area contributed by atoms with Crippen LogP contribution in [0.1, 0.15) is 59.8 Å². The van der Waals surface area contributed by atoms with E-state index >= 15 is 0 Å². The SMILES string of the molecule is CC(CC1CC1)NC(=O)C1CCC(N)C(C)C1(C)C. The van der Waals surface area contributed by atoms with Gasteiger partial charge in [-0.2, -0.15) is 0 Å². The van der Waals surface area contributed by atoms with Crippen molar-refractivity contribution >= 4 is 5.91 Å². The quantitative estimate of drug-likeness (QED) is 0.822. The lowest BCUT2D eigenvalue weighted by Crippen LogP contribution is -2.52. The zero-order valence-electron chi connectivity index (χ0n) is 12.9. The van der Waals surface area contributed by atoms with Crippen LogP contribution in [-0.2, 0) is 4.79 Å². The number of hydrogen-bond donors (Lipinski definition) is 2. The highest BCUT2D eigenvalue weighted by atomic mass is 16.2. The maximum Gasteiger partial charge on any atom is 0.223 e. The Morgan fingerprint density at radius 3 is 2.53 bits per heavy atom. The van der Waals surface area contributed by atoms with Gasteiger partial charge in [-0.15, -0.1) is 0 Å². The molecule has 4 atom stereocenters. The van der Waals surface area contributed by atoms with E-state index in [-0.39, 0.29) is 23.3 Å². The number of nitrogens with one attached hydrogen (secondary N) is 1. The monoisotopic (exact) mass is 266 g/mol. The largest absolute Gasteiger partial charge is 0.353 e. The van der Waals surface area contributed by atoms with Gasteiger partial charge in [-0.05, 0) is 43.4 Å². The first kappa shape index (κ1) is 14.8. The number of nitrogens with two attached hydrogens (primary N) is 1. The normalized spacial score (nSPS) is 35.7. The summed E-state index contributed by atoms with van der Waals surface area (Å²) in [6.45, 7) is 8.73. The predicted molar refractivity (Wildman–Crippen MR) is 78.6 cm³/mol. The van der Waals surface area contributed by atoms with Crippen LogP contribution in [0.4, 0.5) is 0 Å². The van der Waals surface area contributed by atoms with E-state index in [2.05, 4.69) is 33.0 Å². The van der Waals surface area contributed by atoms with Crippen LogP contribution in [0.2, 0.25) is 0 Å². The van der Waals surface area contributed by atoms with Gasteiger partial charge in [0.15, 0.2) is 0 Å². The molecule has 0 bridgehead atoms. The Kier molecular flexibility index (Phi) is 4.24. The Morgan fingerprint density at radius 2 is 1.95 bits per heavy atom. The lowest BCUT2D eigenvalue weighted by atomic mass is 9.61. The van der Waals surface area contributed by atoms with Crippen LogP contribution in [0.5, 0.6) is 0 Å². The zero-order valence-corrected chi connectivity index (χ0v) is 12.9. The van der Waals surface area contributed by atoms with Gasteiger partial charge in [0.2, 0.25) is 5.91 Å². The van der Waals surface area contributed by atoms with E-state index in [1.54, 1.807) is 0 Å². The molecule has 1 amide bonds. The van der Waals surface area contributed by atoms with Crippen LogP contribution in [0.3, 0.4) is 0 Å². The van der Waals surface area contributed by atoms with Crippen LogP contribution in [0.15, 0.2) is 0 Å². The number of carbonyl (C=O) groups is 1. The Hall–Kier alpha value is -0.570. The molecule has 19 heavy (non-hydrogen) atoms. The smallest absolute Gasteiger partial charge is 0.223 e. The lowest BCUT2D eigenvalue weighted by molar-refractivity contribution is -0.133. The zero-order chi connectivity index (χ0) is 14.2. The summed E-state index contributed by atoms with van der Waals surface area (Å²) < 4.78 is 0. The van der Waals surface area contributed by atoms with Crippen molar-refractivity contribution in [3.05, 3.63) is 0 Å². The van der Waals surface area contributed by atoms with Crippen molar-refractivity contribution in [1.82, 2.24) is 5.32 Å². The molecule has 0 aromatic rings. The van der Waals surface area contributed by atoms with Gasteiger partial charge in [-0.1, -0.05) is 33.6 Å². The average molecular weight is 266 g/mol. The summed E-state index contributed by atoms with van der Waals surface area (Å²) in [6, 6.07) is 0.560. The summed E-state index contributed by atoms with van der Waals surface area (Å²) in [5.41, 5.74) is 6.16. The van der Waals surface area contributed by atoms with E-state index in [4.69, 9.17) is 5.73 Å². The molecule has 4 unspecified atom stereocenters. The average Bonchev–Trinajstić information content (AvgIpc) is 3.09. The molecule has 2 rings (SSSR count). The standard InChI is InChI=1S/C16H30N2O/c1-10(9-12-5-6-12)18-15(19)13-7-8-14(17)11(2)16(13,3)4/h10-14H,5-9,17H2,1-4H3,(H,18,19). The first-order chi connectivity index (χ1) is 8.82. The van der Waals surface area contributed by atoms with Gasteiger partial charge in [-0.25, -0.2) is 0 Å². The maximum atomic E-state index is 12.5. The van der Waals surface area contributed by atoms with Gasteiger partial charge < -0.3 is 11.1 Å². The fourth-order valence-corrected chi connectivity index (χ4v) is 3.58. The topological polar surface area (TPSA) is 55.1 Å². The fraction of sp³-hybridized carbons (Fsp3) is 0.938. The molecule has 110 valence electrons. The number of amides is 1. The van der Waals surface area contributed by atoms with E-state index < -0.39 is 0 Å². The summed E-state index contributed by atoms with van der Waals surface area (Å²) in [7, 11) is 0. The van der Waals surface area contributed by atoms with Crippen molar-refractivity contribution in [3.63, 3.8) is 0 Å². The van der Waals surface area contributed by atoms with Crippen LogP contribution >= 0.6 is 0 Å². The van der Waals surface area contributed by atoms with Crippen LogP contribution in [0, 0.1) is 23.2 Å². The molecule has 2 aliphatic carbocycles. The molecular weight excluding hydrogens is 236 g/mol. The Bertz CT molecular complexity index is 336. The molecule has 3 N–H and O–H groups in total. The fourth-order valence-electron chi connectivity index (χ4n) is 3.58. The third-order valence-corrected chi connectivity index (χ3v) is 5.59. The second-order valence-corrected chi connectivity index (χ2v) is 7.49. The molecule has 0 aliphatic heterocycles. The lowest BCUT2D eigenvalue weighted by Gasteiger charge is -2.46. The van der Waals surface area contributed by atoms with Gasteiger partial charge in [-0.3, -0.25) is 4.79 Å². The molecule has 0 saturated heterocycles. The Morgan fingerprint density at radius 1 is 1.32 bits per heavy atom. The summed E-state index contributed by atoms with van der Waals surface area (Å²) in [5, 5.41) is 3.23. The highest BCUT2D eigenvalue weighted by Gasteiger charge is 2.45. The summed E-state index contributed by atoms with van der Waals surface area (Å²) in [4.78, 5) is 12.5. The molecule has 2 aliphatic rings. The van der Waals surface area contributed by atoms with Gasteiger partial charge in [0, 0.05) is 18.0 Å². The first-order valence-corrected chi connectivity index (χ1v) is 7.88. The van der Waals surface area contributed by atoms with Crippen molar-refractivity contribution in [1.29, 1.82) is 0 Å². The van der Waals surface area contributed by atoms with E-state index in [0.29, 0.717) is 12.0 Å². The molecular formula is C16H30N2O. The molecule has 0 aromatic heterocycles. The Labute approximate surface area is 117 Å². The minimum atomic E-state index is 0.00104. The second kappa shape index (κ2) is 5.43. The maximum absolute atomic E-state index is 12.5. The molecule has 2 saturated carbocycles. The van der Waals surface area contributed by atoms with Crippen LogP contribution in [0.25, 0.3) is 0 Å². The second-order valence-electron chi connectivity index (χ2n) is 7.49. The summed E-state index contributed by atoms with van der Waals surface area (Å²) in [6.07, 6.45) is 5.75. The van der Waals surface area contributed by atoms with Gasteiger partial charge in [0.25, 0.3) is 0 Å². The van der Waals surface area contributed by atoms with E-state index in [1.807, 2.05) is 0 Å². The highest BCUT2D eigenvalue weighted by Crippen LogP contribution is 2.44. The van der Waals surface area contributed by atoms with Gasteiger partial charge in [0.05, 0.1) is 0 Å². The molecule has 0 radical (unpaired) electrons. The van der Waals surface area contributed by atoms with E-state index in [0.717, 1.165) is 25.2 Å². The van der Waals surface area contributed by atoms with E-state index in [1.165, 1.54) is 12.8 Å². The van der Waals surface area contributed by atoms with Crippen molar-refractivity contribution in [2.75, 3.05) is 0 Å². The first-order valence-electron chi connectivity index (χ1n) is 7.88. The predicted octanol–water partition coefficient (Wildman–Crippen LogP) is 2.69. The van der Waals surface area contributed by atoms with Crippen LogP contribution < -0.4 is 11.1 Å². The third kappa shape index (κ3) is 3.31. The summed E-state index contributed by atoms with van der Waals surface area (Å²) >= 11 is 0. The molecule has 0 aromatic carbocycles. The molecule has 0 spiro atoms. The van der Waals surface area contributed by atoms with E-state index in [9.17, 15) is 4.79 Å². The minimum Gasteiger partial charge on any atom is -0.353 e. The van der Waals surface area contributed by atoms with Crippen LogP contribution in [-0.4, -0.2) is 18.0 Å². The van der Waals surface area contributed by atoms with Crippen molar-refractivity contribution in [2.24, 2.45) is 28.9 Å². The number of hydrogen-bond acceptors (Lipinski definition) is 2. The molecule has 3 heteroatoms. The van der Waals surface area contributed by atoms with Crippen molar-refractivity contribution in [3.8, 4) is 0 Å². The van der Waals surface area contributed by atoms with Crippen molar-refractivity contribution < 1.29 is 4.79 Å². The number of rotatable bonds is 4. The molecule has 3 nitrogen and oxygen atoms in total. The Balaban J connectivity index is 1.93. The van der Waals surface area contributed by atoms with Crippen molar-refractivity contribution in [2.45, 2.75) is 71.9 Å². The highest BCUT2D eigenvalue weighted by molar-refractivity contribution is 5.80. The molecule has 2 fully saturated rings. The molecule has 0 heterocycles. The van der Waals surface area contributed by atoms with Gasteiger partial charge >= 0.3 is 0 Å². The number of carbonyl (C=O) groups excluding carboxylic acids is 1.